The van der Waals surface area contributed by atoms with E-state index in [4.69, 9.17) is 28.6 Å². The van der Waals surface area contributed by atoms with Gasteiger partial charge in [-0.25, -0.2) is 4.68 Å². The van der Waals surface area contributed by atoms with Crippen LogP contribution >= 0.6 is 23.8 Å². The van der Waals surface area contributed by atoms with Gasteiger partial charge in [-0.15, -0.1) is 0 Å². The van der Waals surface area contributed by atoms with Crippen LogP contribution in [0, 0.1) is 11.7 Å². The van der Waals surface area contributed by atoms with Crippen LogP contribution in [0.25, 0.3) is 10.8 Å². The van der Waals surface area contributed by atoms with Crippen molar-refractivity contribution in [2.24, 2.45) is 0 Å². The van der Waals surface area contributed by atoms with Gasteiger partial charge in [0, 0.05) is 10.6 Å². The van der Waals surface area contributed by atoms with Gasteiger partial charge in [-0.3, -0.25) is 5.10 Å². The minimum absolute atomic E-state index is 0.441. The summed E-state index contributed by atoms with van der Waals surface area (Å²) >= 11 is 11.4. The molecule has 0 radical (unpaired) electrons. The van der Waals surface area contributed by atoms with E-state index in [0.717, 1.165) is 33.5 Å². The Morgan fingerprint density at radius 3 is 2.79 bits per heavy atom. The van der Waals surface area contributed by atoms with Gasteiger partial charge in [0.1, 0.15) is 18.2 Å². The second-order valence-electron chi connectivity index (χ2n) is 6.43. The third-order valence-corrected chi connectivity index (χ3v) is 5.04. The lowest BCUT2D eigenvalue weighted by Crippen LogP contribution is -2.17. The second kappa shape index (κ2) is 8.04. The number of aromatic nitrogens is 3. The van der Waals surface area contributed by atoms with Gasteiger partial charge in [-0.2, -0.15) is 5.10 Å². The van der Waals surface area contributed by atoms with Crippen LogP contribution in [0.15, 0.2) is 60.7 Å². The summed E-state index contributed by atoms with van der Waals surface area (Å²) in [6.45, 7) is 2.87. The van der Waals surface area contributed by atoms with Crippen LogP contribution < -0.4 is 10.2 Å². The highest BCUT2D eigenvalue weighted by atomic mass is 35.5. The summed E-state index contributed by atoms with van der Waals surface area (Å²) in [6.07, 6.45) is 0. The fourth-order valence-corrected chi connectivity index (χ4v) is 3.60. The quantitative estimate of drug-likeness (QED) is 0.419. The summed E-state index contributed by atoms with van der Waals surface area (Å²) < 4.78 is 8.45. The van der Waals surface area contributed by atoms with E-state index in [2.05, 4.69) is 33.8 Å². The average Bonchev–Trinajstić information content (AvgIpc) is 3.02. The fraction of sp³-hybridized carbons (Fsp3) is 0.143. The van der Waals surface area contributed by atoms with Gasteiger partial charge in [0.15, 0.2) is 0 Å². The van der Waals surface area contributed by atoms with Gasteiger partial charge in [-0.1, -0.05) is 54.1 Å². The Morgan fingerprint density at radius 1 is 1.14 bits per heavy atom. The zero-order valence-corrected chi connectivity index (χ0v) is 16.8. The molecular formula is C21H19ClN4OS. The van der Waals surface area contributed by atoms with Gasteiger partial charge in [0.05, 0.1) is 6.54 Å². The van der Waals surface area contributed by atoms with Crippen molar-refractivity contribution in [3.05, 3.63) is 87.4 Å². The molecule has 1 aromatic heterocycles. The van der Waals surface area contributed by atoms with Crippen LogP contribution in [0.5, 0.6) is 5.75 Å². The first kappa shape index (κ1) is 18.5. The molecule has 0 aliphatic carbocycles. The van der Waals surface area contributed by atoms with Gasteiger partial charge < -0.3 is 10.2 Å². The molecular weight excluding hydrogens is 392 g/mol. The minimum atomic E-state index is 0.441. The summed E-state index contributed by atoms with van der Waals surface area (Å²) in [4.78, 5) is 0. The molecule has 4 aromatic rings. The minimum Gasteiger partial charge on any atom is -0.489 e. The molecule has 7 heteroatoms. The van der Waals surface area contributed by atoms with Gasteiger partial charge >= 0.3 is 0 Å². The largest absolute Gasteiger partial charge is 0.489 e. The smallest absolute Gasteiger partial charge is 0.214 e. The average molecular weight is 411 g/mol. The van der Waals surface area contributed by atoms with Crippen LogP contribution in [0.1, 0.15) is 17.0 Å². The third-order valence-electron chi connectivity index (χ3n) is 4.53. The molecule has 0 saturated heterocycles. The van der Waals surface area contributed by atoms with Crippen LogP contribution in [-0.4, -0.2) is 14.9 Å². The highest BCUT2D eigenvalue weighted by molar-refractivity contribution is 7.71. The predicted molar refractivity (Wildman–Crippen MR) is 115 cm³/mol. The number of rotatable bonds is 6. The molecule has 0 amide bonds. The zero-order chi connectivity index (χ0) is 19.5. The zero-order valence-electron chi connectivity index (χ0n) is 15.3. The number of ether oxygens (including phenoxy) is 1. The molecule has 1 heterocycles. The van der Waals surface area contributed by atoms with Crippen molar-refractivity contribution in [2.45, 2.75) is 20.1 Å². The molecule has 5 nitrogen and oxygen atoms in total. The normalized spacial score (nSPS) is 10.9. The van der Waals surface area contributed by atoms with Crippen molar-refractivity contribution in [1.82, 2.24) is 14.9 Å². The van der Waals surface area contributed by atoms with Crippen molar-refractivity contribution < 1.29 is 4.74 Å². The number of aryl methyl sites for hydroxylation is 1. The maximum absolute atomic E-state index is 6.16. The Kier molecular flexibility index (Phi) is 5.32. The monoisotopic (exact) mass is 410 g/mol. The first-order valence-corrected chi connectivity index (χ1v) is 9.66. The maximum Gasteiger partial charge on any atom is 0.214 e. The van der Waals surface area contributed by atoms with Crippen molar-refractivity contribution in [1.29, 1.82) is 0 Å². The lowest BCUT2D eigenvalue weighted by atomic mass is 10.0. The van der Waals surface area contributed by atoms with E-state index < -0.39 is 0 Å². The van der Waals surface area contributed by atoms with Crippen LogP contribution in [0.3, 0.4) is 0 Å². The maximum atomic E-state index is 6.16. The number of fused-ring (bicyclic) bond motifs is 1. The molecule has 0 atom stereocenters. The third kappa shape index (κ3) is 3.88. The molecule has 142 valence electrons. The second-order valence-corrected chi connectivity index (χ2v) is 7.25. The summed E-state index contributed by atoms with van der Waals surface area (Å²) in [5, 5.41) is 9.91. The molecule has 0 fully saturated rings. The summed E-state index contributed by atoms with van der Waals surface area (Å²) in [7, 11) is 0. The van der Waals surface area contributed by atoms with Crippen molar-refractivity contribution >= 4 is 34.6 Å². The van der Waals surface area contributed by atoms with Crippen molar-refractivity contribution in [3.63, 3.8) is 0 Å². The van der Waals surface area contributed by atoms with E-state index in [1.807, 2.05) is 49.4 Å². The fourth-order valence-electron chi connectivity index (χ4n) is 3.14. The highest BCUT2D eigenvalue weighted by Crippen LogP contribution is 2.29. The molecule has 4 rings (SSSR count). The molecule has 0 unspecified atom stereocenters. The Hall–Kier alpha value is -2.83. The van der Waals surface area contributed by atoms with Gasteiger partial charge in [0.2, 0.25) is 4.77 Å². The molecule has 28 heavy (non-hydrogen) atoms. The first-order valence-electron chi connectivity index (χ1n) is 8.87. The van der Waals surface area contributed by atoms with E-state index in [1.165, 1.54) is 0 Å². The molecule has 0 aliphatic rings. The van der Waals surface area contributed by atoms with E-state index in [0.29, 0.717) is 22.9 Å². The molecule has 3 aromatic carbocycles. The first-order chi connectivity index (χ1) is 13.6. The molecule has 0 spiro atoms. The number of nitrogens with zero attached hydrogens (tertiary/aromatic N) is 2. The van der Waals surface area contributed by atoms with E-state index in [-0.39, 0.29) is 0 Å². The SMILES string of the molecule is Cc1n[nH]c(=S)n1NCc1c(OCc2cccc(Cl)c2)ccc2ccccc12. The number of hydrogen-bond donors (Lipinski definition) is 2. The number of benzene rings is 3. The number of halogens is 1. The molecule has 2 N–H and O–H groups in total. The lowest BCUT2D eigenvalue weighted by Gasteiger charge is -2.16. The number of H-pyrrole nitrogens is 1. The Bertz CT molecular complexity index is 1180. The van der Waals surface area contributed by atoms with Crippen molar-refractivity contribution in [3.8, 4) is 5.75 Å². The summed E-state index contributed by atoms with van der Waals surface area (Å²) in [5.74, 6) is 1.59. The molecule has 0 saturated carbocycles. The summed E-state index contributed by atoms with van der Waals surface area (Å²) in [5.41, 5.74) is 5.41. The van der Waals surface area contributed by atoms with Gasteiger partial charge in [0.25, 0.3) is 0 Å². The van der Waals surface area contributed by atoms with Crippen molar-refractivity contribution in [2.75, 3.05) is 5.43 Å². The molecule has 0 aliphatic heterocycles. The Morgan fingerprint density at radius 2 is 2.00 bits per heavy atom. The topological polar surface area (TPSA) is 54.9 Å². The van der Waals surface area contributed by atoms with E-state index in [9.17, 15) is 0 Å². The van der Waals surface area contributed by atoms with Crippen LogP contribution in [0.2, 0.25) is 5.02 Å². The number of nitrogens with one attached hydrogen (secondary N) is 2. The Labute approximate surface area is 172 Å². The van der Waals surface area contributed by atoms with E-state index in [1.54, 1.807) is 4.68 Å². The van der Waals surface area contributed by atoms with Crippen LogP contribution in [0.4, 0.5) is 0 Å². The van der Waals surface area contributed by atoms with Crippen LogP contribution in [-0.2, 0) is 13.2 Å². The standard InChI is InChI=1S/C21H19ClN4OS/c1-14-24-25-21(28)26(14)23-12-19-18-8-3-2-6-16(18)9-10-20(19)27-13-15-5-4-7-17(22)11-15/h2-11,23H,12-13H2,1H3,(H,25,28). The summed E-state index contributed by atoms with van der Waals surface area (Å²) in [6, 6.07) is 20.0. The highest BCUT2D eigenvalue weighted by Gasteiger charge is 2.11. The van der Waals surface area contributed by atoms with E-state index >= 15 is 0 Å². The van der Waals surface area contributed by atoms with Gasteiger partial charge in [-0.05, 0) is 53.7 Å². The lowest BCUT2D eigenvalue weighted by molar-refractivity contribution is 0.303. The number of aromatic amines is 1. The number of hydrogen-bond acceptors (Lipinski definition) is 4. The predicted octanol–water partition coefficient (Wildman–Crippen LogP) is 5.38. The Balaban J connectivity index is 1.65. The molecule has 0 bridgehead atoms.